The maximum absolute atomic E-state index is 11.7. The maximum Gasteiger partial charge on any atom is 0.337 e. The molecule has 6 nitrogen and oxygen atoms in total. The zero-order valence-corrected chi connectivity index (χ0v) is 14.4. The first-order chi connectivity index (χ1) is 11.9. The molecule has 0 radical (unpaired) electrons. The van der Waals surface area contributed by atoms with E-state index in [2.05, 4.69) is 10.3 Å². The number of benzene rings is 2. The number of aldehydes is 1. The van der Waals surface area contributed by atoms with Gasteiger partial charge in [-0.05, 0) is 41.8 Å². The summed E-state index contributed by atoms with van der Waals surface area (Å²) in [5.41, 5.74) is 7.61. The minimum absolute atomic E-state index is 0.174. The monoisotopic (exact) mass is 339 g/mol. The first-order valence-electron chi connectivity index (χ1n) is 7.69. The molecule has 130 valence electrons. The number of esters is 1. The lowest BCUT2D eigenvalue weighted by Gasteiger charge is -2.26. The van der Waals surface area contributed by atoms with E-state index in [1.54, 1.807) is 32.2 Å². The summed E-state index contributed by atoms with van der Waals surface area (Å²) in [5.74, 6) is -0.225. The molecule has 0 fully saturated rings. The lowest BCUT2D eigenvalue weighted by atomic mass is 9.90. The van der Waals surface area contributed by atoms with Crippen LogP contribution in [0.15, 0.2) is 53.5 Å². The van der Waals surface area contributed by atoms with Gasteiger partial charge in [-0.3, -0.25) is 4.99 Å². The molecule has 2 aromatic rings. The van der Waals surface area contributed by atoms with Gasteiger partial charge in [0, 0.05) is 7.05 Å². The van der Waals surface area contributed by atoms with Crippen molar-refractivity contribution in [1.82, 2.24) is 5.32 Å². The van der Waals surface area contributed by atoms with Gasteiger partial charge in [0.15, 0.2) is 5.96 Å². The number of carbonyl (C=O) groups is 2. The molecule has 1 unspecified atom stereocenters. The highest BCUT2D eigenvalue weighted by molar-refractivity contribution is 5.91. The van der Waals surface area contributed by atoms with Crippen LogP contribution in [-0.4, -0.2) is 32.4 Å². The fourth-order valence-corrected chi connectivity index (χ4v) is 2.46. The summed E-state index contributed by atoms with van der Waals surface area (Å²) in [4.78, 5) is 27.2. The van der Waals surface area contributed by atoms with E-state index >= 15 is 0 Å². The number of hydrogen-bond acceptors (Lipinski definition) is 4. The van der Waals surface area contributed by atoms with Gasteiger partial charge in [-0.2, -0.15) is 0 Å². The lowest BCUT2D eigenvalue weighted by molar-refractivity contribution is -0.112. The summed E-state index contributed by atoms with van der Waals surface area (Å²) in [6.07, 6.45) is 0.787. The molecule has 25 heavy (non-hydrogen) atoms. The molecule has 0 bridgehead atoms. The number of guanidine groups is 1. The van der Waals surface area contributed by atoms with Crippen molar-refractivity contribution in [1.29, 1.82) is 0 Å². The third-order valence-corrected chi connectivity index (χ3v) is 3.94. The number of carbonyl (C=O) groups excluding carboxylic acids is 2. The largest absolute Gasteiger partial charge is 0.465 e. The summed E-state index contributed by atoms with van der Waals surface area (Å²) in [6, 6.07) is 14.6. The number of nitrogens with one attached hydrogen (secondary N) is 1. The summed E-state index contributed by atoms with van der Waals surface area (Å²) in [6.45, 7) is 1.72. The van der Waals surface area contributed by atoms with Gasteiger partial charge in [-0.1, -0.05) is 30.3 Å². The van der Waals surface area contributed by atoms with Crippen LogP contribution in [0, 0.1) is 0 Å². The van der Waals surface area contributed by atoms with Crippen molar-refractivity contribution in [3.8, 4) is 11.1 Å². The molecule has 0 aliphatic rings. The maximum atomic E-state index is 11.7. The normalized spacial score (nSPS) is 13.6. The van der Waals surface area contributed by atoms with Crippen LogP contribution in [-0.2, 0) is 15.1 Å². The summed E-state index contributed by atoms with van der Waals surface area (Å²) >= 11 is 0. The molecule has 2 aromatic carbocycles. The van der Waals surface area contributed by atoms with E-state index in [1.807, 2.05) is 30.3 Å². The molecule has 6 heteroatoms. The van der Waals surface area contributed by atoms with Gasteiger partial charge in [-0.25, -0.2) is 4.79 Å². The van der Waals surface area contributed by atoms with Crippen molar-refractivity contribution in [2.45, 2.75) is 12.5 Å². The highest BCUT2D eigenvalue weighted by Crippen LogP contribution is 2.26. The fraction of sp³-hybridized carbons (Fsp3) is 0.211. The fourth-order valence-electron chi connectivity index (χ4n) is 2.46. The summed E-state index contributed by atoms with van der Waals surface area (Å²) < 4.78 is 4.76. The van der Waals surface area contributed by atoms with E-state index in [1.165, 1.54) is 7.11 Å². The number of nitrogens with zero attached hydrogens (tertiary/aromatic N) is 1. The van der Waals surface area contributed by atoms with Crippen LogP contribution in [0.5, 0.6) is 0 Å². The predicted octanol–water partition coefficient (Wildman–Crippen LogP) is 2.09. The molecule has 1 atom stereocenters. The number of aliphatic imine (C=N–C) groups is 1. The minimum atomic E-state index is -1.01. The number of hydrogen-bond donors (Lipinski definition) is 2. The quantitative estimate of drug-likeness (QED) is 0.376. The zero-order chi connectivity index (χ0) is 18.4. The Morgan fingerprint density at radius 1 is 1.20 bits per heavy atom. The third kappa shape index (κ3) is 4.03. The second-order valence-corrected chi connectivity index (χ2v) is 5.71. The molecule has 0 amide bonds. The zero-order valence-electron chi connectivity index (χ0n) is 14.4. The van der Waals surface area contributed by atoms with Crippen LogP contribution in [0.2, 0.25) is 0 Å². The van der Waals surface area contributed by atoms with Crippen LogP contribution in [0.1, 0.15) is 22.8 Å². The Balaban J connectivity index is 2.45. The average Bonchev–Trinajstić information content (AvgIpc) is 2.67. The van der Waals surface area contributed by atoms with Crippen molar-refractivity contribution in [3.05, 3.63) is 59.7 Å². The van der Waals surface area contributed by atoms with Gasteiger partial charge >= 0.3 is 5.97 Å². The van der Waals surface area contributed by atoms with Gasteiger partial charge in [-0.15, -0.1) is 0 Å². The molecule has 0 aromatic heterocycles. The van der Waals surface area contributed by atoms with Gasteiger partial charge in [0.1, 0.15) is 11.8 Å². The van der Waals surface area contributed by atoms with E-state index in [0.717, 1.165) is 23.0 Å². The lowest BCUT2D eigenvalue weighted by Crippen LogP contribution is -2.48. The minimum Gasteiger partial charge on any atom is -0.465 e. The van der Waals surface area contributed by atoms with Crippen LogP contribution < -0.4 is 11.1 Å². The molecule has 0 aliphatic carbocycles. The summed E-state index contributed by atoms with van der Waals surface area (Å²) in [7, 11) is 2.89. The number of methoxy groups -OCH3 is 1. The second-order valence-electron chi connectivity index (χ2n) is 5.71. The highest BCUT2D eigenvalue weighted by atomic mass is 16.5. The Bertz CT molecular complexity index is 817. The van der Waals surface area contributed by atoms with Crippen LogP contribution in [0.3, 0.4) is 0 Å². The van der Waals surface area contributed by atoms with Crippen molar-refractivity contribution >= 4 is 18.2 Å². The van der Waals surface area contributed by atoms with Crippen LogP contribution >= 0.6 is 0 Å². The first kappa shape index (κ1) is 18.2. The molecular weight excluding hydrogens is 318 g/mol. The number of ether oxygens (including phenoxy) is 1. The molecule has 0 saturated heterocycles. The Hall–Kier alpha value is -3.15. The molecule has 2 rings (SSSR count). The van der Waals surface area contributed by atoms with Crippen molar-refractivity contribution in [2.24, 2.45) is 10.7 Å². The number of nitrogens with two attached hydrogens (primary N) is 1. The Morgan fingerprint density at radius 3 is 2.44 bits per heavy atom. The topological polar surface area (TPSA) is 93.8 Å². The number of rotatable bonds is 5. The van der Waals surface area contributed by atoms with E-state index in [9.17, 15) is 9.59 Å². The second kappa shape index (κ2) is 7.61. The van der Waals surface area contributed by atoms with E-state index in [0.29, 0.717) is 5.56 Å². The molecule has 3 N–H and O–H groups in total. The van der Waals surface area contributed by atoms with Crippen LogP contribution in [0.4, 0.5) is 0 Å². The molecule has 0 aliphatic heterocycles. The molecule has 0 saturated carbocycles. The summed E-state index contributed by atoms with van der Waals surface area (Å²) in [5, 5.41) is 2.91. The first-order valence-corrected chi connectivity index (χ1v) is 7.69. The van der Waals surface area contributed by atoms with E-state index in [4.69, 9.17) is 10.5 Å². The molecule has 0 spiro atoms. The molecule has 0 heterocycles. The van der Waals surface area contributed by atoms with Gasteiger partial charge in [0.05, 0.1) is 12.7 Å². The van der Waals surface area contributed by atoms with Crippen LogP contribution in [0.25, 0.3) is 11.1 Å². The van der Waals surface area contributed by atoms with Gasteiger partial charge in [0.2, 0.25) is 0 Å². The van der Waals surface area contributed by atoms with Crippen molar-refractivity contribution in [3.63, 3.8) is 0 Å². The Morgan fingerprint density at radius 2 is 1.84 bits per heavy atom. The average molecular weight is 339 g/mol. The molecular formula is C19H21N3O3. The predicted molar refractivity (Wildman–Crippen MR) is 97.3 cm³/mol. The third-order valence-electron chi connectivity index (χ3n) is 3.94. The van der Waals surface area contributed by atoms with Gasteiger partial charge in [0.25, 0.3) is 0 Å². The van der Waals surface area contributed by atoms with Crippen molar-refractivity contribution < 1.29 is 14.3 Å². The van der Waals surface area contributed by atoms with Crippen molar-refractivity contribution in [2.75, 3.05) is 14.2 Å². The Kier molecular flexibility index (Phi) is 5.54. The smallest absolute Gasteiger partial charge is 0.337 e. The van der Waals surface area contributed by atoms with Gasteiger partial charge < -0.3 is 20.6 Å². The SMILES string of the molecule is CN=C(N)NC(C)(C=O)c1cccc(-c2cccc(C(=O)OC)c2)c1. The standard InChI is InChI=1S/C19H21N3O3/c1-19(12-23,22-18(20)21-2)16-9-5-7-14(11-16)13-6-4-8-15(10-13)17(24)25-3/h4-12H,1-3H3,(H3,20,21,22). The Labute approximate surface area is 146 Å². The van der Waals surface area contributed by atoms with E-state index in [-0.39, 0.29) is 5.96 Å². The van der Waals surface area contributed by atoms with E-state index < -0.39 is 11.5 Å². The highest BCUT2D eigenvalue weighted by Gasteiger charge is 2.27.